The lowest BCUT2D eigenvalue weighted by Crippen LogP contribution is -2.30. The van der Waals surface area contributed by atoms with Crippen molar-refractivity contribution < 1.29 is 0 Å². The lowest BCUT2D eigenvalue weighted by Gasteiger charge is -2.27. The Balaban J connectivity index is 0.00000154. The molecular formula is C18H33N. The highest BCUT2D eigenvalue weighted by atomic mass is 15.1. The van der Waals surface area contributed by atoms with Gasteiger partial charge in [-0.15, -0.1) is 0 Å². The second kappa shape index (κ2) is 9.89. The third-order valence-corrected chi connectivity index (χ3v) is 3.24. The van der Waals surface area contributed by atoms with E-state index in [4.69, 9.17) is 0 Å². The van der Waals surface area contributed by atoms with Gasteiger partial charge in [-0.1, -0.05) is 39.8 Å². The van der Waals surface area contributed by atoms with Crippen LogP contribution in [0.2, 0.25) is 0 Å². The molecule has 0 aromatic heterocycles. The van der Waals surface area contributed by atoms with E-state index < -0.39 is 0 Å². The molecular weight excluding hydrogens is 230 g/mol. The third-order valence-electron chi connectivity index (χ3n) is 3.24. The molecule has 0 saturated carbocycles. The summed E-state index contributed by atoms with van der Waals surface area (Å²) in [5.41, 5.74) is 2.80. The van der Waals surface area contributed by atoms with Crippen molar-refractivity contribution in [3.8, 4) is 0 Å². The van der Waals surface area contributed by atoms with E-state index in [2.05, 4.69) is 63.8 Å². The zero-order valence-electron chi connectivity index (χ0n) is 14.0. The minimum Gasteiger partial charge on any atom is -0.369 e. The summed E-state index contributed by atoms with van der Waals surface area (Å²) in [5.74, 6) is 0.789. The average Bonchev–Trinajstić information content (AvgIpc) is 2.40. The molecule has 0 spiro atoms. The first-order valence-corrected chi connectivity index (χ1v) is 7.90. The van der Waals surface area contributed by atoms with Gasteiger partial charge in [0, 0.05) is 18.3 Å². The maximum atomic E-state index is 2.42. The Bertz CT molecular complexity index is 311. The van der Waals surface area contributed by atoms with Crippen molar-refractivity contribution in [1.82, 2.24) is 0 Å². The summed E-state index contributed by atoms with van der Waals surface area (Å²) < 4.78 is 0. The normalized spacial score (nSPS) is 10.4. The topological polar surface area (TPSA) is 3.24 Å². The molecule has 19 heavy (non-hydrogen) atoms. The Labute approximate surface area is 121 Å². The van der Waals surface area contributed by atoms with Gasteiger partial charge in [0.25, 0.3) is 0 Å². The molecule has 110 valence electrons. The van der Waals surface area contributed by atoms with Crippen LogP contribution in [0.15, 0.2) is 24.3 Å². The van der Waals surface area contributed by atoms with Crippen LogP contribution in [0.4, 0.5) is 5.69 Å². The van der Waals surface area contributed by atoms with E-state index in [9.17, 15) is 0 Å². The van der Waals surface area contributed by atoms with Crippen LogP contribution in [-0.4, -0.2) is 12.6 Å². The van der Waals surface area contributed by atoms with Crippen molar-refractivity contribution in [2.24, 2.45) is 5.92 Å². The molecule has 1 aromatic rings. The van der Waals surface area contributed by atoms with E-state index in [0.29, 0.717) is 6.04 Å². The Morgan fingerprint density at radius 1 is 0.947 bits per heavy atom. The van der Waals surface area contributed by atoms with E-state index in [1.165, 1.54) is 24.1 Å². The summed E-state index contributed by atoms with van der Waals surface area (Å²) in [4.78, 5) is 2.42. The highest BCUT2D eigenvalue weighted by molar-refractivity contribution is 5.48. The van der Waals surface area contributed by atoms with Gasteiger partial charge in [0.15, 0.2) is 0 Å². The Morgan fingerprint density at radius 2 is 1.47 bits per heavy atom. The summed E-state index contributed by atoms with van der Waals surface area (Å²) in [6, 6.07) is 9.66. The highest BCUT2D eigenvalue weighted by Gasteiger charge is 2.07. The van der Waals surface area contributed by atoms with Crippen molar-refractivity contribution in [2.45, 2.75) is 67.3 Å². The zero-order chi connectivity index (χ0) is 14.8. The largest absolute Gasteiger partial charge is 0.369 e. The lowest BCUT2D eigenvalue weighted by atomic mass is 10.0. The van der Waals surface area contributed by atoms with Crippen LogP contribution in [0, 0.1) is 5.92 Å². The lowest BCUT2D eigenvalue weighted by molar-refractivity contribution is 0.586. The molecule has 0 N–H and O–H groups in total. The van der Waals surface area contributed by atoms with Gasteiger partial charge in [-0.05, 0) is 57.2 Å². The molecule has 0 aliphatic carbocycles. The first kappa shape index (κ1) is 18.0. The average molecular weight is 263 g/mol. The molecule has 1 nitrogen and oxygen atoms in total. The maximum absolute atomic E-state index is 2.42. The van der Waals surface area contributed by atoms with Gasteiger partial charge in [-0.3, -0.25) is 0 Å². The van der Waals surface area contributed by atoms with Gasteiger partial charge in [0.1, 0.15) is 0 Å². The number of anilines is 1. The zero-order valence-corrected chi connectivity index (χ0v) is 14.0. The molecule has 0 amide bonds. The van der Waals surface area contributed by atoms with Gasteiger partial charge in [0.2, 0.25) is 0 Å². The molecule has 0 atom stereocenters. The van der Waals surface area contributed by atoms with Crippen LogP contribution >= 0.6 is 0 Å². The summed E-state index contributed by atoms with van der Waals surface area (Å²) in [7, 11) is 0. The molecule has 0 bridgehead atoms. The van der Waals surface area contributed by atoms with Gasteiger partial charge >= 0.3 is 0 Å². The molecule has 0 radical (unpaired) electrons. The van der Waals surface area contributed by atoms with E-state index in [1.54, 1.807) is 0 Å². The molecule has 0 saturated heterocycles. The SMILES string of the molecule is CC.CCN(c1ccc(CCC(C)C)cc1)C(C)C. The maximum Gasteiger partial charge on any atom is 0.0368 e. The monoisotopic (exact) mass is 263 g/mol. The van der Waals surface area contributed by atoms with Gasteiger partial charge in [-0.2, -0.15) is 0 Å². The van der Waals surface area contributed by atoms with Crippen LogP contribution in [0.3, 0.4) is 0 Å². The van der Waals surface area contributed by atoms with Gasteiger partial charge < -0.3 is 4.90 Å². The fraction of sp³-hybridized carbons (Fsp3) is 0.667. The first-order valence-electron chi connectivity index (χ1n) is 7.90. The summed E-state index contributed by atoms with van der Waals surface area (Å²) in [6.45, 7) is 16.3. The van der Waals surface area contributed by atoms with Crippen LogP contribution in [-0.2, 0) is 6.42 Å². The Hall–Kier alpha value is -0.980. The molecule has 1 heteroatoms. The quantitative estimate of drug-likeness (QED) is 0.651. The van der Waals surface area contributed by atoms with Crippen molar-refractivity contribution in [1.29, 1.82) is 0 Å². The third kappa shape index (κ3) is 6.66. The van der Waals surface area contributed by atoms with Gasteiger partial charge in [0.05, 0.1) is 0 Å². The van der Waals surface area contributed by atoms with E-state index >= 15 is 0 Å². The van der Waals surface area contributed by atoms with E-state index in [-0.39, 0.29) is 0 Å². The second-order valence-corrected chi connectivity index (χ2v) is 5.48. The second-order valence-electron chi connectivity index (χ2n) is 5.48. The number of hydrogen-bond donors (Lipinski definition) is 0. The number of hydrogen-bond acceptors (Lipinski definition) is 1. The summed E-state index contributed by atoms with van der Waals surface area (Å²) in [6.07, 6.45) is 2.48. The Morgan fingerprint density at radius 3 is 1.84 bits per heavy atom. The number of nitrogens with zero attached hydrogens (tertiary/aromatic N) is 1. The van der Waals surface area contributed by atoms with Gasteiger partial charge in [-0.25, -0.2) is 0 Å². The molecule has 0 unspecified atom stereocenters. The highest BCUT2D eigenvalue weighted by Crippen LogP contribution is 2.19. The molecule has 1 aromatic carbocycles. The molecule has 0 fully saturated rings. The minimum atomic E-state index is 0.571. The molecule has 0 aliphatic heterocycles. The molecule has 0 aliphatic rings. The van der Waals surface area contributed by atoms with Crippen LogP contribution in [0.5, 0.6) is 0 Å². The van der Waals surface area contributed by atoms with Crippen LogP contribution < -0.4 is 4.90 Å². The summed E-state index contributed by atoms with van der Waals surface area (Å²) in [5, 5.41) is 0. The predicted octanol–water partition coefficient (Wildman–Crippen LogP) is 5.54. The summed E-state index contributed by atoms with van der Waals surface area (Å²) >= 11 is 0. The smallest absolute Gasteiger partial charge is 0.0368 e. The van der Waals surface area contributed by atoms with Crippen molar-refractivity contribution in [3.63, 3.8) is 0 Å². The number of benzene rings is 1. The standard InChI is InChI=1S/C16H27N.C2H6/c1-6-17(14(4)5)16-11-9-15(10-12-16)8-7-13(2)3;1-2/h9-14H,6-8H2,1-5H3;1-2H3. The van der Waals surface area contributed by atoms with E-state index in [0.717, 1.165) is 12.5 Å². The fourth-order valence-electron chi connectivity index (χ4n) is 2.16. The van der Waals surface area contributed by atoms with Crippen LogP contribution in [0.25, 0.3) is 0 Å². The fourth-order valence-corrected chi connectivity index (χ4v) is 2.16. The predicted molar refractivity (Wildman–Crippen MR) is 89.1 cm³/mol. The number of aryl methyl sites for hydroxylation is 1. The Kier molecular flexibility index (Phi) is 9.38. The van der Waals surface area contributed by atoms with E-state index in [1.807, 2.05) is 13.8 Å². The first-order chi connectivity index (χ1) is 9.04. The number of rotatable bonds is 6. The van der Waals surface area contributed by atoms with Crippen molar-refractivity contribution >= 4 is 5.69 Å². The molecule has 1 rings (SSSR count). The van der Waals surface area contributed by atoms with Crippen molar-refractivity contribution in [3.05, 3.63) is 29.8 Å². The molecule has 0 heterocycles. The minimum absolute atomic E-state index is 0.571. The van der Waals surface area contributed by atoms with Crippen molar-refractivity contribution in [2.75, 3.05) is 11.4 Å². The van der Waals surface area contributed by atoms with Crippen LogP contribution in [0.1, 0.15) is 60.5 Å².